The molecule has 154 valence electrons. The molecule has 0 radical (unpaired) electrons. The Labute approximate surface area is 182 Å². The van der Waals surface area contributed by atoms with Gasteiger partial charge in [0.05, 0.1) is 22.8 Å². The maximum Gasteiger partial charge on any atom is 0.251 e. The maximum absolute atomic E-state index is 13.3. The third kappa shape index (κ3) is 3.78. The Morgan fingerprint density at radius 3 is 2.63 bits per heavy atom. The van der Waals surface area contributed by atoms with Crippen molar-refractivity contribution in [1.29, 1.82) is 0 Å². The highest BCUT2D eigenvalue weighted by molar-refractivity contribution is 6.36. The first-order valence-electron chi connectivity index (χ1n) is 9.30. The number of carbonyl (C=O) groups excluding carboxylic acids is 2. The largest absolute Gasteiger partial charge is 0.325 e. The van der Waals surface area contributed by atoms with Crippen LogP contribution in [-0.2, 0) is 16.0 Å². The summed E-state index contributed by atoms with van der Waals surface area (Å²) in [7, 11) is 0. The van der Waals surface area contributed by atoms with Crippen molar-refractivity contribution in [2.75, 3.05) is 10.6 Å². The van der Waals surface area contributed by atoms with Crippen molar-refractivity contribution in [3.8, 4) is 11.3 Å². The van der Waals surface area contributed by atoms with Gasteiger partial charge in [0.2, 0.25) is 5.91 Å². The molecule has 2 aromatic carbocycles. The Bertz CT molecular complexity index is 1140. The van der Waals surface area contributed by atoms with Crippen molar-refractivity contribution >= 4 is 46.5 Å². The molecule has 1 aromatic heterocycles. The first-order chi connectivity index (χ1) is 14.4. The van der Waals surface area contributed by atoms with Gasteiger partial charge in [-0.05, 0) is 48.9 Å². The fourth-order valence-electron chi connectivity index (χ4n) is 3.46. The first-order valence-corrected chi connectivity index (χ1v) is 10.1. The van der Waals surface area contributed by atoms with Crippen LogP contribution in [-0.4, -0.2) is 21.6 Å². The molecule has 4 rings (SSSR count). The van der Waals surface area contributed by atoms with E-state index in [1.807, 2.05) is 6.92 Å². The lowest BCUT2D eigenvalue weighted by Gasteiger charge is -2.11. The van der Waals surface area contributed by atoms with Crippen LogP contribution in [0, 0.1) is 5.82 Å². The van der Waals surface area contributed by atoms with Gasteiger partial charge in [-0.25, -0.2) is 9.07 Å². The summed E-state index contributed by atoms with van der Waals surface area (Å²) in [5.41, 5.74) is 2.63. The number of fused-ring (bicyclic) bond motifs is 1. The number of benzene rings is 2. The topological polar surface area (TPSA) is 76.0 Å². The Balaban J connectivity index is 1.60. The van der Waals surface area contributed by atoms with Crippen LogP contribution >= 0.6 is 23.2 Å². The molecule has 0 bridgehead atoms. The van der Waals surface area contributed by atoms with Crippen molar-refractivity contribution < 1.29 is 14.0 Å². The molecule has 1 aliphatic heterocycles. The van der Waals surface area contributed by atoms with Gasteiger partial charge in [-0.3, -0.25) is 9.59 Å². The third-order valence-electron chi connectivity index (χ3n) is 4.90. The normalized spacial score (nSPS) is 15.1. The second-order valence-corrected chi connectivity index (χ2v) is 7.71. The summed E-state index contributed by atoms with van der Waals surface area (Å²) in [6, 6.07) is 9.92. The van der Waals surface area contributed by atoms with Gasteiger partial charge in [0, 0.05) is 16.1 Å². The van der Waals surface area contributed by atoms with Crippen molar-refractivity contribution in [2.24, 2.45) is 0 Å². The molecule has 0 saturated carbocycles. The Morgan fingerprint density at radius 2 is 1.97 bits per heavy atom. The molecule has 1 atom stereocenters. The summed E-state index contributed by atoms with van der Waals surface area (Å²) >= 11 is 12.0. The number of hydrogen-bond donors (Lipinski definition) is 2. The molecule has 9 heteroatoms. The molecule has 30 heavy (non-hydrogen) atoms. The van der Waals surface area contributed by atoms with E-state index in [1.165, 1.54) is 22.9 Å². The molecule has 0 saturated heterocycles. The standard InChI is InChI=1S/C21H17Cl2FN4O2/c1-2-14-19(11-3-6-13(24)7-4-11)27-28-17(21(30)26-20(14)28)10-18(29)25-16-8-5-12(22)9-15(16)23/h3-9,17H,2,10H2,1H3,(H,25,29)(H,26,30). The van der Waals surface area contributed by atoms with Gasteiger partial charge in [-0.2, -0.15) is 5.10 Å². The van der Waals surface area contributed by atoms with Gasteiger partial charge in [0.25, 0.3) is 5.91 Å². The van der Waals surface area contributed by atoms with Crippen molar-refractivity contribution in [3.05, 3.63) is 63.9 Å². The summed E-state index contributed by atoms with van der Waals surface area (Å²) in [6.07, 6.45) is 0.493. The number of nitrogens with one attached hydrogen (secondary N) is 2. The summed E-state index contributed by atoms with van der Waals surface area (Å²) < 4.78 is 14.8. The van der Waals surface area contributed by atoms with E-state index in [-0.39, 0.29) is 24.1 Å². The number of halogens is 3. The minimum atomic E-state index is -0.800. The van der Waals surface area contributed by atoms with E-state index >= 15 is 0 Å². The van der Waals surface area contributed by atoms with Crippen LogP contribution in [0.2, 0.25) is 10.0 Å². The second-order valence-electron chi connectivity index (χ2n) is 6.86. The van der Waals surface area contributed by atoms with Crippen LogP contribution in [0.4, 0.5) is 15.9 Å². The van der Waals surface area contributed by atoms with Gasteiger partial charge in [-0.1, -0.05) is 30.1 Å². The number of rotatable bonds is 5. The van der Waals surface area contributed by atoms with Crippen LogP contribution < -0.4 is 10.6 Å². The zero-order chi connectivity index (χ0) is 21.4. The fourth-order valence-corrected chi connectivity index (χ4v) is 3.92. The average molecular weight is 447 g/mol. The summed E-state index contributed by atoms with van der Waals surface area (Å²) in [4.78, 5) is 25.1. The quantitative estimate of drug-likeness (QED) is 0.573. The summed E-state index contributed by atoms with van der Waals surface area (Å²) in [6.45, 7) is 1.94. The van der Waals surface area contributed by atoms with Gasteiger partial charge in [0.15, 0.2) is 0 Å². The molecule has 0 aliphatic carbocycles. The zero-order valence-electron chi connectivity index (χ0n) is 15.9. The fraction of sp³-hybridized carbons (Fsp3) is 0.190. The lowest BCUT2D eigenvalue weighted by atomic mass is 10.1. The van der Waals surface area contributed by atoms with E-state index in [4.69, 9.17) is 23.2 Å². The molecule has 1 aliphatic rings. The van der Waals surface area contributed by atoms with Crippen LogP contribution in [0.15, 0.2) is 42.5 Å². The van der Waals surface area contributed by atoms with Crippen LogP contribution in [0.1, 0.15) is 24.9 Å². The summed E-state index contributed by atoms with van der Waals surface area (Å²) in [5.74, 6) is -0.476. The molecule has 2 N–H and O–H groups in total. The first kappa shape index (κ1) is 20.4. The lowest BCUT2D eigenvalue weighted by Crippen LogP contribution is -2.23. The van der Waals surface area contributed by atoms with Gasteiger partial charge in [-0.15, -0.1) is 0 Å². The van der Waals surface area contributed by atoms with Crippen molar-refractivity contribution in [1.82, 2.24) is 9.78 Å². The van der Waals surface area contributed by atoms with Gasteiger partial charge >= 0.3 is 0 Å². The highest BCUT2D eigenvalue weighted by atomic mass is 35.5. The predicted molar refractivity (Wildman–Crippen MR) is 114 cm³/mol. The van der Waals surface area contributed by atoms with E-state index in [0.29, 0.717) is 33.7 Å². The molecule has 2 amide bonds. The number of aromatic nitrogens is 2. The van der Waals surface area contributed by atoms with E-state index in [0.717, 1.165) is 11.1 Å². The average Bonchev–Trinajstić information content (AvgIpc) is 3.20. The van der Waals surface area contributed by atoms with E-state index in [9.17, 15) is 14.0 Å². The Kier molecular flexibility index (Phi) is 5.49. The SMILES string of the molecule is CCc1c(-c2ccc(F)cc2)nn2c1NC(=O)C2CC(=O)Nc1ccc(Cl)cc1Cl. The van der Waals surface area contributed by atoms with Crippen molar-refractivity contribution in [3.63, 3.8) is 0 Å². The van der Waals surface area contributed by atoms with E-state index < -0.39 is 6.04 Å². The molecule has 0 spiro atoms. The Morgan fingerprint density at radius 1 is 1.23 bits per heavy atom. The van der Waals surface area contributed by atoms with Gasteiger partial charge in [0.1, 0.15) is 17.7 Å². The zero-order valence-corrected chi connectivity index (χ0v) is 17.4. The molecule has 3 aromatic rings. The number of anilines is 2. The van der Waals surface area contributed by atoms with Crippen LogP contribution in [0.5, 0.6) is 0 Å². The molecule has 6 nitrogen and oxygen atoms in total. The number of carbonyl (C=O) groups is 2. The van der Waals surface area contributed by atoms with Crippen LogP contribution in [0.25, 0.3) is 11.3 Å². The van der Waals surface area contributed by atoms with Gasteiger partial charge < -0.3 is 10.6 Å². The molecular weight excluding hydrogens is 430 g/mol. The molecule has 1 unspecified atom stereocenters. The monoisotopic (exact) mass is 446 g/mol. The minimum Gasteiger partial charge on any atom is -0.325 e. The maximum atomic E-state index is 13.3. The highest BCUT2D eigenvalue weighted by Crippen LogP contribution is 2.37. The smallest absolute Gasteiger partial charge is 0.251 e. The number of hydrogen-bond acceptors (Lipinski definition) is 3. The number of nitrogens with zero attached hydrogens (tertiary/aromatic N) is 2. The van der Waals surface area contributed by atoms with Crippen LogP contribution in [0.3, 0.4) is 0 Å². The summed E-state index contributed by atoms with van der Waals surface area (Å²) in [5, 5.41) is 10.8. The van der Waals surface area contributed by atoms with E-state index in [1.54, 1.807) is 24.3 Å². The molecule has 2 heterocycles. The minimum absolute atomic E-state index is 0.120. The third-order valence-corrected chi connectivity index (χ3v) is 5.45. The second kappa shape index (κ2) is 8.08. The highest BCUT2D eigenvalue weighted by Gasteiger charge is 2.36. The molecular formula is C21H17Cl2FN4O2. The van der Waals surface area contributed by atoms with Crippen molar-refractivity contribution in [2.45, 2.75) is 25.8 Å². The Hall–Kier alpha value is -2.90. The molecule has 0 fully saturated rings. The van der Waals surface area contributed by atoms with E-state index in [2.05, 4.69) is 15.7 Å². The number of amides is 2. The predicted octanol–water partition coefficient (Wildman–Crippen LogP) is 5.08. The lowest BCUT2D eigenvalue weighted by molar-refractivity contribution is -0.123.